The topological polar surface area (TPSA) is 32.3 Å². The van der Waals surface area contributed by atoms with Crippen molar-refractivity contribution in [3.63, 3.8) is 0 Å². The molecule has 2 aromatic rings. The summed E-state index contributed by atoms with van der Waals surface area (Å²) in [7, 11) is 1.96. The van der Waals surface area contributed by atoms with Crippen LogP contribution in [0.2, 0.25) is 0 Å². The maximum Gasteiger partial charge on any atom is 0.227 e. The number of benzene rings is 2. The first-order valence-corrected chi connectivity index (χ1v) is 7.19. The van der Waals surface area contributed by atoms with Crippen LogP contribution in [0.4, 0.5) is 0 Å². The molecule has 0 aliphatic carbocycles. The average Bonchev–Trinajstić information content (AvgIpc) is 2.96. The molecule has 1 fully saturated rings. The molecule has 1 unspecified atom stereocenters. The molecule has 1 aliphatic heterocycles. The van der Waals surface area contributed by atoms with E-state index in [2.05, 4.69) is 35.6 Å². The molecular weight excluding hydrogens is 284 g/mol. The molecule has 0 spiro atoms. The number of rotatable bonds is 3. The zero-order chi connectivity index (χ0) is 13.9. The van der Waals surface area contributed by atoms with E-state index in [-0.39, 0.29) is 18.3 Å². The molecule has 21 heavy (non-hydrogen) atoms. The van der Waals surface area contributed by atoms with Gasteiger partial charge in [-0.05, 0) is 29.8 Å². The maximum absolute atomic E-state index is 12.3. The number of nitrogens with one attached hydrogen (secondary N) is 1. The zero-order valence-electron chi connectivity index (χ0n) is 12.2. The van der Waals surface area contributed by atoms with Crippen molar-refractivity contribution in [2.75, 3.05) is 20.1 Å². The Morgan fingerprint density at radius 2 is 2.00 bits per heavy atom. The number of likely N-dealkylation sites (N-methyl/N-ethyl adjacent to an activating group) is 1. The van der Waals surface area contributed by atoms with Crippen molar-refractivity contribution in [1.82, 2.24) is 10.2 Å². The Balaban J connectivity index is 0.00000161. The van der Waals surface area contributed by atoms with Gasteiger partial charge in [0.1, 0.15) is 0 Å². The van der Waals surface area contributed by atoms with Gasteiger partial charge in [0, 0.05) is 19.1 Å². The highest BCUT2D eigenvalue weighted by atomic mass is 35.5. The van der Waals surface area contributed by atoms with Crippen LogP contribution in [0.15, 0.2) is 42.5 Å². The number of amides is 1. The minimum atomic E-state index is 0. The minimum Gasteiger partial charge on any atom is -0.341 e. The van der Waals surface area contributed by atoms with Gasteiger partial charge in [0.2, 0.25) is 5.91 Å². The summed E-state index contributed by atoms with van der Waals surface area (Å²) in [6.45, 7) is 1.71. The van der Waals surface area contributed by atoms with Crippen molar-refractivity contribution in [2.24, 2.45) is 0 Å². The summed E-state index contributed by atoms with van der Waals surface area (Å²) in [6.07, 6.45) is 1.56. The summed E-state index contributed by atoms with van der Waals surface area (Å²) in [5.74, 6) is 0.234. The largest absolute Gasteiger partial charge is 0.341 e. The van der Waals surface area contributed by atoms with E-state index in [9.17, 15) is 4.79 Å². The first-order chi connectivity index (χ1) is 9.76. The van der Waals surface area contributed by atoms with E-state index in [0.717, 1.165) is 25.1 Å². The van der Waals surface area contributed by atoms with Crippen molar-refractivity contribution in [2.45, 2.75) is 18.9 Å². The van der Waals surface area contributed by atoms with E-state index in [0.29, 0.717) is 12.5 Å². The van der Waals surface area contributed by atoms with Gasteiger partial charge in [-0.1, -0.05) is 42.5 Å². The Morgan fingerprint density at radius 1 is 1.24 bits per heavy atom. The SMILES string of the molecule is CNC1CCN(C(=O)Cc2ccc3ccccc3c2)C1.Cl. The van der Waals surface area contributed by atoms with E-state index in [1.807, 2.05) is 24.1 Å². The average molecular weight is 305 g/mol. The molecule has 112 valence electrons. The van der Waals surface area contributed by atoms with E-state index >= 15 is 0 Å². The molecule has 1 N–H and O–H groups in total. The molecule has 0 saturated carbocycles. The lowest BCUT2D eigenvalue weighted by molar-refractivity contribution is -0.129. The van der Waals surface area contributed by atoms with Crippen LogP contribution in [-0.4, -0.2) is 37.0 Å². The van der Waals surface area contributed by atoms with Gasteiger partial charge in [-0.3, -0.25) is 4.79 Å². The van der Waals surface area contributed by atoms with Gasteiger partial charge < -0.3 is 10.2 Å². The number of hydrogen-bond acceptors (Lipinski definition) is 2. The van der Waals surface area contributed by atoms with Crippen molar-refractivity contribution in [1.29, 1.82) is 0 Å². The van der Waals surface area contributed by atoms with Gasteiger partial charge >= 0.3 is 0 Å². The second-order valence-electron chi connectivity index (χ2n) is 5.47. The molecule has 0 radical (unpaired) electrons. The van der Waals surface area contributed by atoms with Crippen molar-refractivity contribution >= 4 is 29.1 Å². The summed E-state index contributed by atoms with van der Waals surface area (Å²) in [5, 5.41) is 5.67. The Morgan fingerprint density at radius 3 is 2.71 bits per heavy atom. The predicted molar refractivity (Wildman–Crippen MR) is 88.9 cm³/mol. The fraction of sp³-hybridized carbons (Fsp3) is 0.353. The van der Waals surface area contributed by atoms with E-state index < -0.39 is 0 Å². The van der Waals surface area contributed by atoms with Gasteiger partial charge in [-0.25, -0.2) is 0 Å². The third kappa shape index (κ3) is 3.55. The van der Waals surface area contributed by atoms with Crippen LogP contribution in [0.3, 0.4) is 0 Å². The smallest absolute Gasteiger partial charge is 0.227 e. The fourth-order valence-corrected chi connectivity index (χ4v) is 2.86. The summed E-state index contributed by atoms with van der Waals surface area (Å²) >= 11 is 0. The number of nitrogens with zero attached hydrogens (tertiary/aromatic N) is 1. The molecule has 3 nitrogen and oxygen atoms in total. The molecular formula is C17H21ClN2O. The molecule has 2 aromatic carbocycles. The Hall–Kier alpha value is -1.58. The van der Waals surface area contributed by atoms with Crippen LogP contribution >= 0.6 is 12.4 Å². The number of hydrogen-bond donors (Lipinski definition) is 1. The van der Waals surface area contributed by atoms with Crippen LogP contribution in [0.5, 0.6) is 0 Å². The molecule has 1 aliphatic rings. The molecule has 3 rings (SSSR count). The van der Waals surface area contributed by atoms with E-state index in [1.54, 1.807) is 0 Å². The number of halogens is 1. The normalized spacial score (nSPS) is 17.8. The van der Waals surface area contributed by atoms with E-state index in [1.165, 1.54) is 10.8 Å². The lowest BCUT2D eigenvalue weighted by Crippen LogP contribution is -2.34. The fourth-order valence-electron chi connectivity index (χ4n) is 2.86. The predicted octanol–water partition coefficient (Wildman–Crippen LogP) is 2.62. The van der Waals surface area contributed by atoms with Crippen molar-refractivity contribution in [3.8, 4) is 0 Å². The van der Waals surface area contributed by atoms with Crippen molar-refractivity contribution in [3.05, 3.63) is 48.0 Å². The van der Waals surface area contributed by atoms with Crippen LogP contribution in [-0.2, 0) is 11.2 Å². The third-order valence-electron chi connectivity index (χ3n) is 4.12. The lowest BCUT2D eigenvalue weighted by atomic mass is 10.0. The molecule has 0 bridgehead atoms. The van der Waals surface area contributed by atoms with Crippen LogP contribution in [0, 0.1) is 0 Å². The highest BCUT2D eigenvalue weighted by Crippen LogP contribution is 2.17. The van der Waals surface area contributed by atoms with Gasteiger partial charge in [-0.15, -0.1) is 12.4 Å². The number of carbonyl (C=O) groups is 1. The first kappa shape index (κ1) is 15.8. The lowest BCUT2D eigenvalue weighted by Gasteiger charge is -2.16. The van der Waals surface area contributed by atoms with Crippen LogP contribution < -0.4 is 5.32 Å². The summed E-state index contributed by atoms with van der Waals surface area (Å²) in [4.78, 5) is 14.3. The van der Waals surface area contributed by atoms with Gasteiger partial charge in [0.25, 0.3) is 0 Å². The van der Waals surface area contributed by atoms with Gasteiger partial charge in [0.05, 0.1) is 6.42 Å². The molecule has 1 heterocycles. The maximum atomic E-state index is 12.3. The number of likely N-dealkylation sites (tertiary alicyclic amines) is 1. The third-order valence-corrected chi connectivity index (χ3v) is 4.12. The second kappa shape index (κ2) is 6.92. The Labute approximate surface area is 131 Å². The summed E-state index contributed by atoms with van der Waals surface area (Å²) < 4.78 is 0. The minimum absolute atomic E-state index is 0. The van der Waals surface area contributed by atoms with Crippen LogP contribution in [0.25, 0.3) is 10.8 Å². The quantitative estimate of drug-likeness (QED) is 0.945. The second-order valence-corrected chi connectivity index (χ2v) is 5.47. The zero-order valence-corrected chi connectivity index (χ0v) is 13.0. The summed E-state index contributed by atoms with van der Waals surface area (Å²) in [6, 6.07) is 15.0. The molecule has 1 saturated heterocycles. The number of carbonyl (C=O) groups excluding carboxylic acids is 1. The molecule has 4 heteroatoms. The monoisotopic (exact) mass is 304 g/mol. The highest BCUT2D eigenvalue weighted by molar-refractivity contribution is 5.86. The van der Waals surface area contributed by atoms with E-state index in [4.69, 9.17) is 0 Å². The van der Waals surface area contributed by atoms with Gasteiger partial charge in [-0.2, -0.15) is 0 Å². The first-order valence-electron chi connectivity index (χ1n) is 7.19. The Kier molecular flexibility index (Phi) is 5.21. The molecule has 1 atom stereocenters. The highest BCUT2D eigenvalue weighted by Gasteiger charge is 2.24. The Bertz CT molecular complexity index is 629. The number of fused-ring (bicyclic) bond motifs is 1. The van der Waals surface area contributed by atoms with Gasteiger partial charge in [0.15, 0.2) is 0 Å². The van der Waals surface area contributed by atoms with Crippen molar-refractivity contribution < 1.29 is 4.79 Å². The summed E-state index contributed by atoms with van der Waals surface area (Å²) in [5.41, 5.74) is 1.10. The van der Waals surface area contributed by atoms with Crippen LogP contribution in [0.1, 0.15) is 12.0 Å². The molecule has 1 amide bonds. The molecule has 0 aromatic heterocycles. The standard InChI is InChI=1S/C17H20N2O.ClH/c1-18-16-8-9-19(12-16)17(20)11-13-6-7-14-4-2-3-5-15(14)10-13;/h2-7,10,16,18H,8-9,11-12H2,1H3;1H.